The summed E-state index contributed by atoms with van der Waals surface area (Å²) in [6, 6.07) is 48.3. The van der Waals surface area contributed by atoms with E-state index in [1.165, 1.54) is 16.7 Å². The molecule has 8 heteroatoms. The minimum Gasteiger partial charge on any atom is -0.293 e. The zero-order valence-corrected chi connectivity index (χ0v) is 27.1. The molecule has 0 radical (unpaired) electrons. The summed E-state index contributed by atoms with van der Waals surface area (Å²) in [7, 11) is 0. The molecule has 8 rings (SSSR count). The smallest absolute Gasteiger partial charge is 0.166 e. The van der Waals surface area contributed by atoms with E-state index in [0.717, 1.165) is 71.7 Å². The molecule has 0 fully saturated rings. The predicted molar refractivity (Wildman–Crippen MR) is 200 cm³/mol. The van der Waals surface area contributed by atoms with Crippen LogP contribution in [0.2, 0.25) is 0 Å². The van der Waals surface area contributed by atoms with E-state index in [-0.39, 0.29) is 10.1 Å². The third kappa shape index (κ3) is 5.79. The van der Waals surface area contributed by atoms with E-state index in [1.807, 2.05) is 91.0 Å². The van der Waals surface area contributed by atoms with Crippen LogP contribution in [0.15, 0.2) is 146 Å². The fraction of sp³-hybridized carbons (Fsp3) is 0. The van der Waals surface area contributed by atoms with Crippen LogP contribution in [0.4, 0.5) is 0 Å². The molecule has 0 atom stereocenters. The third-order valence-electron chi connectivity index (χ3n) is 8.08. The first-order chi connectivity index (χ1) is 23.6. The van der Waals surface area contributed by atoms with Crippen LogP contribution in [0.3, 0.4) is 0 Å². The lowest BCUT2D eigenvalue weighted by atomic mass is 10.0. The lowest BCUT2D eigenvalue weighted by Crippen LogP contribution is -2.04. The molecule has 8 aromatic rings. The van der Waals surface area contributed by atoms with E-state index in [2.05, 4.69) is 64.8 Å². The van der Waals surface area contributed by atoms with Crippen molar-refractivity contribution in [2.24, 2.45) is 0 Å². The molecular formula is C40H26N6S2. The molecule has 0 saturated heterocycles. The van der Waals surface area contributed by atoms with Crippen LogP contribution >= 0.6 is 23.1 Å². The molecule has 48 heavy (non-hydrogen) atoms. The topological polar surface area (TPSA) is 99.3 Å². The highest BCUT2D eigenvalue weighted by molar-refractivity contribution is 8.27. The molecule has 2 N–H and O–H groups in total. The summed E-state index contributed by atoms with van der Waals surface area (Å²) in [5.41, 5.74) is 6.61. The van der Waals surface area contributed by atoms with Crippen molar-refractivity contribution in [3.8, 4) is 43.8 Å². The normalized spacial score (nSPS) is 11.2. The van der Waals surface area contributed by atoms with Crippen molar-refractivity contribution < 1.29 is 0 Å². The second-order valence-electron chi connectivity index (χ2n) is 11.1. The molecule has 0 spiro atoms. The Morgan fingerprint density at radius 1 is 0.500 bits per heavy atom. The Morgan fingerprint density at radius 3 is 1.79 bits per heavy atom. The average Bonchev–Trinajstić information content (AvgIpc) is 3.65. The van der Waals surface area contributed by atoms with Crippen molar-refractivity contribution in [2.45, 2.75) is 0 Å². The summed E-state index contributed by atoms with van der Waals surface area (Å²) in [4.78, 5) is 9.77. The SMILES string of the molecule is N=C(SC(=N)c1cccc(-c2cccc3ccccc23)n1)c1cccc(-c2nnc(-c3cccc(-c4cccc5ccccc45)n3)s2)c1. The van der Waals surface area contributed by atoms with Crippen molar-refractivity contribution >= 4 is 54.7 Å². The van der Waals surface area contributed by atoms with Crippen molar-refractivity contribution in [2.75, 3.05) is 0 Å². The zero-order valence-electron chi connectivity index (χ0n) is 25.5. The van der Waals surface area contributed by atoms with Crippen LogP contribution in [0.5, 0.6) is 0 Å². The maximum Gasteiger partial charge on any atom is 0.166 e. The fourth-order valence-corrected chi connectivity index (χ4v) is 7.24. The Balaban J connectivity index is 1.01. The van der Waals surface area contributed by atoms with Crippen LogP contribution in [0.25, 0.3) is 65.3 Å². The Kier molecular flexibility index (Phi) is 7.86. The van der Waals surface area contributed by atoms with Gasteiger partial charge in [-0.3, -0.25) is 10.8 Å². The van der Waals surface area contributed by atoms with Gasteiger partial charge < -0.3 is 0 Å². The molecule has 0 aliphatic heterocycles. The highest BCUT2D eigenvalue weighted by Crippen LogP contribution is 2.33. The Bertz CT molecular complexity index is 2490. The molecule has 5 aromatic carbocycles. The van der Waals surface area contributed by atoms with Crippen molar-refractivity contribution in [1.29, 1.82) is 10.8 Å². The summed E-state index contributed by atoms with van der Waals surface area (Å²) in [6.45, 7) is 0. The standard InChI is InChI=1S/C40H26N6S2/c41-37(47-38(42)35-22-8-20-33(43-35)31-18-6-12-25-10-1-3-16-29(25)31)27-14-5-15-28(24-27)39-45-46-40(48-39)36-23-9-21-34(44-36)32-19-7-13-26-11-2-4-17-30(26)32/h1-24,41-42H. The van der Waals surface area contributed by atoms with Gasteiger partial charge in [0, 0.05) is 22.3 Å². The van der Waals surface area contributed by atoms with Gasteiger partial charge in [0.15, 0.2) is 5.01 Å². The molecule has 0 amide bonds. The molecule has 0 unspecified atom stereocenters. The van der Waals surface area contributed by atoms with Crippen LogP contribution in [-0.4, -0.2) is 30.3 Å². The summed E-state index contributed by atoms with van der Waals surface area (Å²) in [5.74, 6) is 0. The largest absolute Gasteiger partial charge is 0.293 e. The van der Waals surface area contributed by atoms with Gasteiger partial charge in [0.25, 0.3) is 0 Å². The number of nitrogens with zero attached hydrogens (tertiary/aromatic N) is 4. The predicted octanol–water partition coefficient (Wildman–Crippen LogP) is 10.4. The number of nitrogens with one attached hydrogen (secondary N) is 2. The average molecular weight is 655 g/mol. The van der Waals surface area contributed by atoms with E-state index < -0.39 is 0 Å². The summed E-state index contributed by atoms with van der Waals surface area (Å²) in [5, 5.41) is 33.1. The lowest BCUT2D eigenvalue weighted by molar-refractivity contribution is 1.09. The number of fused-ring (bicyclic) bond motifs is 2. The third-order valence-corrected chi connectivity index (χ3v) is 9.93. The quantitative estimate of drug-likeness (QED) is 0.137. The highest BCUT2D eigenvalue weighted by Gasteiger charge is 2.16. The van der Waals surface area contributed by atoms with E-state index in [9.17, 15) is 0 Å². The van der Waals surface area contributed by atoms with Gasteiger partial charge in [0.05, 0.1) is 17.1 Å². The van der Waals surface area contributed by atoms with Crippen LogP contribution < -0.4 is 0 Å². The van der Waals surface area contributed by atoms with E-state index in [0.29, 0.717) is 11.3 Å². The van der Waals surface area contributed by atoms with E-state index >= 15 is 0 Å². The number of pyridine rings is 2. The molecular weight excluding hydrogens is 629 g/mol. The number of thioether (sulfide) groups is 1. The molecule has 3 aromatic heterocycles. The number of rotatable bonds is 6. The Morgan fingerprint density at radius 2 is 1.06 bits per heavy atom. The van der Waals surface area contributed by atoms with Gasteiger partial charge in [0.1, 0.15) is 20.8 Å². The second kappa shape index (κ2) is 12.8. The minimum atomic E-state index is 0.211. The summed E-state index contributed by atoms with van der Waals surface area (Å²) < 4.78 is 0. The maximum atomic E-state index is 8.85. The molecule has 3 heterocycles. The molecule has 0 aliphatic rings. The van der Waals surface area contributed by atoms with Crippen LogP contribution in [0.1, 0.15) is 11.3 Å². The van der Waals surface area contributed by atoms with Gasteiger partial charge in [-0.1, -0.05) is 127 Å². The minimum absolute atomic E-state index is 0.211. The first-order valence-electron chi connectivity index (χ1n) is 15.3. The second-order valence-corrected chi connectivity index (χ2v) is 13.1. The van der Waals surface area contributed by atoms with E-state index in [4.69, 9.17) is 20.8 Å². The number of hydrogen-bond donors (Lipinski definition) is 2. The zero-order chi connectivity index (χ0) is 32.5. The highest BCUT2D eigenvalue weighted by atomic mass is 32.2. The van der Waals surface area contributed by atoms with Crippen LogP contribution in [-0.2, 0) is 0 Å². The number of benzene rings is 5. The first kappa shape index (κ1) is 29.6. The van der Waals surface area contributed by atoms with Crippen molar-refractivity contribution in [3.05, 3.63) is 157 Å². The Hall–Kier alpha value is -5.83. The van der Waals surface area contributed by atoms with Crippen LogP contribution in [0, 0.1) is 10.8 Å². The molecule has 0 aliphatic carbocycles. The number of aromatic nitrogens is 4. The fourth-order valence-electron chi connectivity index (χ4n) is 5.76. The molecule has 0 saturated carbocycles. The summed E-state index contributed by atoms with van der Waals surface area (Å²) in [6.07, 6.45) is 0. The molecule has 6 nitrogen and oxygen atoms in total. The molecule has 228 valence electrons. The number of hydrogen-bond acceptors (Lipinski definition) is 8. The first-order valence-corrected chi connectivity index (χ1v) is 16.9. The Labute approximate surface area is 285 Å². The van der Waals surface area contributed by atoms with Gasteiger partial charge in [-0.2, -0.15) is 0 Å². The van der Waals surface area contributed by atoms with Gasteiger partial charge in [-0.15, -0.1) is 10.2 Å². The monoisotopic (exact) mass is 654 g/mol. The maximum absolute atomic E-state index is 8.85. The van der Waals surface area contributed by atoms with Gasteiger partial charge >= 0.3 is 0 Å². The van der Waals surface area contributed by atoms with Crippen molar-refractivity contribution in [1.82, 2.24) is 20.2 Å². The lowest BCUT2D eigenvalue weighted by Gasteiger charge is -2.09. The van der Waals surface area contributed by atoms with Gasteiger partial charge in [-0.05, 0) is 63.6 Å². The van der Waals surface area contributed by atoms with Gasteiger partial charge in [0.2, 0.25) is 0 Å². The summed E-state index contributed by atoms with van der Waals surface area (Å²) >= 11 is 2.54. The van der Waals surface area contributed by atoms with E-state index in [1.54, 1.807) is 0 Å². The molecule has 0 bridgehead atoms. The van der Waals surface area contributed by atoms with Gasteiger partial charge in [-0.25, -0.2) is 9.97 Å². The van der Waals surface area contributed by atoms with Crippen molar-refractivity contribution in [3.63, 3.8) is 0 Å².